The van der Waals surface area contributed by atoms with E-state index in [9.17, 15) is 13.6 Å². The molecule has 0 radical (unpaired) electrons. The van der Waals surface area contributed by atoms with E-state index in [1.165, 1.54) is 6.07 Å². The molecule has 0 spiro atoms. The van der Waals surface area contributed by atoms with Crippen LogP contribution in [0.3, 0.4) is 0 Å². The van der Waals surface area contributed by atoms with Gasteiger partial charge in [-0.1, -0.05) is 0 Å². The van der Waals surface area contributed by atoms with Gasteiger partial charge in [0.2, 0.25) is 0 Å². The van der Waals surface area contributed by atoms with Crippen LogP contribution in [0, 0.1) is 11.6 Å². The summed E-state index contributed by atoms with van der Waals surface area (Å²) in [7, 11) is 0. The Kier molecular flexibility index (Phi) is 4.69. The molecule has 2 nitrogen and oxygen atoms in total. The van der Waals surface area contributed by atoms with Crippen LogP contribution in [0.2, 0.25) is 0 Å². The largest absolute Gasteiger partial charge is 0.454 e. The lowest BCUT2D eigenvalue weighted by Gasteiger charge is -2.07. The molecule has 0 unspecified atom stereocenters. The number of rotatable bonds is 5. The molecular formula is C15H11ClF2O2. The van der Waals surface area contributed by atoms with E-state index in [-0.39, 0.29) is 23.8 Å². The molecule has 20 heavy (non-hydrogen) atoms. The minimum absolute atomic E-state index is 0.0699. The van der Waals surface area contributed by atoms with Crippen LogP contribution in [0.25, 0.3) is 0 Å². The predicted molar refractivity (Wildman–Crippen MR) is 72.5 cm³/mol. The standard InChI is InChI=1S/C15H11ClF2O2/c16-8-7-14(19)10-1-4-12(5-2-10)20-15-6-3-11(17)9-13(15)18/h1-6,9H,7-8H2. The average molecular weight is 297 g/mol. The number of carbonyl (C=O) groups excluding carboxylic acids is 1. The number of halogens is 3. The van der Waals surface area contributed by atoms with Crippen LogP contribution in [0.1, 0.15) is 16.8 Å². The monoisotopic (exact) mass is 296 g/mol. The van der Waals surface area contributed by atoms with Crippen LogP contribution in [-0.4, -0.2) is 11.7 Å². The van der Waals surface area contributed by atoms with E-state index in [0.29, 0.717) is 11.3 Å². The van der Waals surface area contributed by atoms with Gasteiger partial charge < -0.3 is 4.74 Å². The Bertz CT molecular complexity index is 612. The zero-order valence-corrected chi connectivity index (χ0v) is 11.2. The molecule has 0 aliphatic heterocycles. The summed E-state index contributed by atoms with van der Waals surface area (Å²) in [5.74, 6) is -0.981. The molecule has 104 valence electrons. The molecule has 0 aliphatic rings. The van der Waals surface area contributed by atoms with Crippen molar-refractivity contribution in [3.8, 4) is 11.5 Å². The highest BCUT2D eigenvalue weighted by molar-refractivity contribution is 6.19. The van der Waals surface area contributed by atoms with Crippen LogP contribution < -0.4 is 4.74 Å². The Balaban J connectivity index is 2.12. The van der Waals surface area contributed by atoms with E-state index >= 15 is 0 Å². The van der Waals surface area contributed by atoms with Crippen molar-refractivity contribution in [1.82, 2.24) is 0 Å². The first-order chi connectivity index (χ1) is 9.60. The van der Waals surface area contributed by atoms with Crippen LogP contribution in [0.4, 0.5) is 8.78 Å². The highest BCUT2D eigenvalue weighted by atomic mass is 35.5. The van der Waals surface area contributed by atoms with Crippen molar-refractivity contribution in [2.45, 2.75) is 6.42 Å². The quantitative estimate of drug-likeness (QED) is 0.597. The van der Waals surface area contributed by atoms with Crippen molar-refractivity contribution in [2.75, 3.05) is 5.88 Å². The summed E-state index contributed by atoms with van der Waals surface area (Å²) in [5.41, 5.74) is 0.512. The maximum absolute atomic E-state index is 13.4. The second-order valence-corrected chi connectivity index (χ2v) is 4.44. The van der Waals surface area contributed by atoms with Gasteiger partial charge >= 0.3 is 0 Å². The molecule has 0 heterocycles. The first-order valence-electron chi connectivity index (χ1n) is 5.92. The second kappa shape index (κ2) is 6.48. The summed E-state index contributed by atoms with van der Waals surface area (Å²) < 4.78 is 31.4. The summed E-state index contributed by atoms with van der Waals surface area (Å²) in [4.78, 5) is 11.6. The third kappa shape index (κ3) is 3.54. The molecule has 0 aromatic heterocycles. The first-order valence-corrected chi connectivity index (χ1v) is 6.46. The number of hydrogen-bond donors (Lipinski definition) is 0. The Labute approximate surface area is 119 Å². The minimum atomic E-state index is -0.785. The van der Waals surface area contributed by atoms with Gasteiger partial charge in [-0.05, 0) is 36.4 Å². The van der Waals surface area contributed by atoms with Crippen molar-refractivity contribution in [2.24, 2.45) is 0 Å². The third-order valence-electron chi connectivity index (χ3n) is 2.62. The lowest BCUT2D eigenvalue weighted by molar-refractivity contribution is 0.0989. The topological polar surface area (TPSA) is 26.3 Å². The highest BCUT2D eigenvalue weighted by Gasteiger charge is 2.08. The molecule has 0 bridgehead atoms. The van der Waals surface area contributed by atoms with Gasteiger partial charge in [0.05, 0.1) is 0 Å². The average Bonchev–Trinajstić information content (AvgIpc) is 2.43. The number of ether oxygens (including phenoxy) is 1. The van der Waals surface area contributed by atoms with Gasteiger partial charge in [0, 0.05) is 23.9 Å². The van der Waals surface area contributed by atoms with Gasteiger partial charge in [-0.15, -0.1) is 11.6 Å². The van der Waals surface area contributed by atoms with Gasteiger partial charge in [-0.2, -0.15) is 0 Å². The van der Waals surface area contributed by atoms with Crippen molar-refractivity contribution in [1.29, 1.82) is 0 Å². The molecule has 0 amide bonds. The number of hydrogen-bond acceptors (Lipinski definition) is 2. The van der Waals surface area contributed by atoms with Crippen molar-refractivity contribution < 1.29 is 18.3 Å². The van der Waals surface area contributed by atoms with Crippen LogP contribution in [0.15, 0.2) is 42.5 Å². The van der Waals surface area contributed by atoms with Gasteiger partial charge in [-0.3, -0.25) is 4.79 Å². The Morgan fingerprint density at radius 3 is 2.40 bits per heavy atom. The van der Waals surface area contributed by atoms with Gasteiger partial charge in [0.15, 0.2) is 17.3 Å². The molecule has 2 aromatic carbocycles. The third-order valence-corrected chi connectivity index (χ3v) is 2.81. The van der Waals surface area contributed by atoms with E-state index in [4.69, 9.17) is 16.3 Å². The maximum atomic E-state index is 13.4. The lowest BCUT2D eigenvalue weighted by Crippen LogP contribution is -1.99. The summed E-state index contributed by atoms with van der Waals surface area (Å²) in [5, 5.41) is 0. The fraction of sp³-hybridized carbons (Fsp3) is 0.133. The van der Waals surface area contributed by atoms with Crippen molar-refractivity contribution in [3.05, 3.63) is 59.7 Å². The van der Waals surface area contributed by atoms with Crippen LogP contribution in [0.5, 0.6) is 11.5 Å². The van der Waals surface area contributed by atoms with E-state index in [1.54, 1.807) is 24.3 Å². The number of Topliss-reactive ketones (excluding diaryl/α,β-unsaturated/α-hetero) is 1. The van der Waals surface area contributed by atoms with Gasteiger partial charge in [-0.25, -0.2) is 8.78 Å². The highest BCUT2D eigenvalue weighted by Crippen LogP contribution is 2.25. The SMILES string of the molecule is O=C(CCCl)c1ccc(Oc2ccc(F)cc2F)cc1. The van der Waals surface area contributed by atoms with Crippen molar-refractivity contribution >= 4 is 17.4 Å². The maximum Gasteiger partial charge on any atom is 0.168 e. The summed E-state index contributed by atoms with van der Waals surface area (Å²) in [6, 6.07) is 9.30. The smallest absolute Gasteiger partial charge is 0.168 e. The van der Waals surface area contributed by atoms with Crippen LogP contribution in [-0.2, 0) is 0 Å². The fourth-order valence-corrected chi connectivity index (χ4v) is 1.80. The van der Waals surface area contributed by atoms with Crippen molar-refractivity contribution in [3.63, 3.8) is 0 Å². The van der Waals surface area contributed by atoms with Crippen LogP contribution >= 0.6 is 11.6 Å². The van der Waals surface area contributed by atoms with Gasteiger partial charge in [0.1, 0.15) is 11.6 Å². The number of alkyl halides is 1. The molecule has 5 heteroatoms. The van der Waals surface area contributed by atoms with Gasteiger partial charge in [0.25, 0.3) is 0 Å². The Morgan fingerprint density at radius 1 is 1.10 bits per heavy atom. The van der Waals surface area contributed by atoms with E-state index in [1.807, 2.05) is 0 Å². The molecule has 0 saturated heterocycles. The molecular weight excluding hydrogens is 286 g/mol. The summed E-state index contributed by atoms with van der Waals surface area (Å²) in [6.07, 6.45) is 0.258. The molecule has 0 fully saturated rings. The first kappa shape index (κ1) is 14.5. The minimum Gasteiger partial charge on any atom is -0.454 e. The zero-order valence-electron chi connectivity index (χ0n) is 10.4. The van der Waals surface area contributed by atoms with E-state index in [2.05, 4.69) is 0 Å². The molecule has 0 atom stereocenters. The summed E-state index contributed by atoms with van der Waals surface area (Å²) >= 11 is 5.50. The Hall–Kier alpha value is -1.94. The summed E-state index contributed by atoms with van der Waals surface area (Å²) in [6.45, 7) is 0. The number of benzene rings is 2. The molecule has 0 aliphatic carbocycles. The Morgan fingerprint density at radius 2 is 1.80 bits per heavy atom. The lowest BCUT2D eigenvalue weighted by atomic mass is 10.1. The molecule has 0 saturated carbocycles. The van der Waals surface area contributed by atoms with E-state index < -0.39 is 11.6 Å². The fourth-order valence-electron chi connectivity index (χ4n) is 1.62. The predicted octanol–water partition coefficient (Wildman–Crippen LogP) is 4.57. The molecule has 2 rings (SSSR count). The second-order valence-electron chi connectivity index (χ2n) is 4.06. The molecule has 0 N–H and O–H groups in total. The normalized spacial score (nSPS) is 10.3. The van der Waals surface area contributed by atoms with E-state index in [0.717, 1.165) is 12.1 Å². The number of ketones is 1. The number of carbonyl (C=O) groups is 1. The zero-order chi connectivity index (χ0) is 14.5. The molecule has 2 aromatic rings.